The lowest BCUT2D eigenvalue weighted by molar-refractivity contribution is -0.134. The van der Waals surface area contributed by atoms with Gasteiger partial charge in [0.1, 0.15) is 0 Å². The summed E-state index contributed by atoms with van der Waals surface area (Å²) in [6, 6.07) is -0.940. The monoisotopic (exact) mass is 136 g/mol. The zero-order valence-electron chi connectivity index (χ0n) is 4.79. The van der Waals surface area contributed by atoms with E-state index in [9.17, 15) is 4.79 Å². The highest BCUT2D eigenvalue weighted by Crippen LogP contribution is 1.42. The molecule has 0 atom stereocenters. The van der Waals surface area contributed by atoms with Gasteiger partial charge in [0, 0.05) is 6.92 Å². The Morgan fingerprint density at radius 1 is 1.56 bits per heavy atom. The minimum Gasteiger partial charge on any atom is -0.481 e. The highest BCUT2D eigenvalue weighted by atomic mass is 16.5. The predicted molar refractivity (Wildman–Crippen MR) is 27.8 cm³/mol. The van der Waals surface area contributed by atoms with Crippen LogP contribution in [0.5, 0.6) is 0 Å². The van der Waals surface area contributed by atoms with Crippen LogP contribution in [-0.4, -0.2) is 22.3 Å². The number of urea groups is 1. The molecular formula is C3H8N2O4. The number of aliphatic carboxylic acids is 1. The van der Waals surface area contributed by atoms with Crippen molar-refractivity contribution in [3.05, 3.63) is 0 Å². The number of carbonyl (C=O) groups excluding carboxylic acids is 1. The van der Waals surface area contributed by atoms with Gasteiger partial charge in [-0.3, -0.25) is 10.0 Å². The number of hydroxylamine groups is 1. The Balaban J connectivity index is 0. The van der Waals surface area contributed by atoms with Crippen LogP contribution < -0.4 is 11.2 Å². The number of carboxylic acid groups (broad SMARTS) is 1. The first-order valence-electron chi connectivity index (χ1n) is 1.89. The number of rotatable bonds is 0. The second-order valence-electron chi connectivity index (χ2n) is 0.995. The highest BCUT2D eigenvalue weighted by molar-refractivity contribution is 5.69. The summed E-state index contributed by atoms with van der Waals surface area (Å²) in [6.07, 6.45) is 0. The van der Waals surface area contributed by atoms with Crippen molar-refractivity contribution < 1.29 is 19.9 Å². The van der Waals surface area contributed by atoms with Gasteiger partial charge in [0.25, 0.3) is 5.97 Å². The third-order valence-electron chi connectivity index (χ3n) is 0.110. The molecular weight excluding hydrogens is 128 g/mol. The molecule has 5 N–H and O–H groups in total. The van der Waals surface area contributed by atoms with E-state index in [1.165, 1.54) is 5.48 Å². The number of hydrogen-bond donors (Lipinski definition) is 4. The van der Waals surface area contributed by atoms with Gasteiger partial charge in [-0.05, 0) is 0 Å². The molecule has 54 valence electrons. The Kier molecular flexibility index (Phi) is 7.92. The molecule has 0 aromatic rings. The molecule has 0 unspecified atom stereocenters. The number of amides is 2. The topological polar surface area (TPSA) is 113 Å². The van der Waals surface area contributed by atoms with Crippen LogP contribution in [0.4, 0.5) is 4.79 Å². The van der Waals surface area contributed by atoms with Crippen LogP contribution in [0.2, 0.25) is 0 Å². The molecule has 0 aliphatic rings. The molecule has 6 heteroatoms. The van der Waals surface area contributed by atoms with Crippen molar-refractivity contribution in [3.63, 3.8) is 0 Å². The van der Waals surface area contributed by atoms with E-state index in [4.69, 9.17) is 15.1 Å². The molecule has 0 aliphatic heterocycles. The van der Waals surface area contributed by atoms with Crippen molar-refractivity contribution in [1.82, 2.24) is 5.48 Å². The third kappa shape index (κ3) is 302. The Labute approximate surface area is 51.2 Å². The van der Waals surface area contributed by atoms with Crippen molar-refractivity contribution in [2.45, 2.75) is 6.92 Å². The molecule has 0 saturated heterocycles. The van der Waals surface area contributed by atoms with Crippen molar-refractivity contribution in [2.75, 3.05) is 0 Å². The molecule has 0 aromatic carbocycles. The molecule has 0 radical (unpaired) electrons. The van der Waals surface area contributed by atoms with E-state index in [1.807, 2.05) is 0 Å². The van der Waals surface area contributed by atoms with E-state index >= 15 is 0 Å². The molecule has 2 amide bonds. The van der Waals surface area contributed by atoms with E-state index in [0.717, 1.165) is 6.92 Å². The van der Waals surface area contributed by atoms with Crippen molar-refractivity contribution in [2.24, 2.45) is 5.73 Å². The molecule has 0 saturated carbocycles. The fraction of sp³-hybridized carbons (Fsp3) is 0.333. The van der Waals surface area contributed by atoms with E-state index in [-0.39, 0.29) is 0 Å². The molecule has 9 heavy (non-hydrogen) atoms. The summed E-state index contributed by atoms with van der Waals surface area (Å²) in [5, 5.41) is 14.8. The van der Waals surface area contributed by atoms with Gasteiger partial charge in [-0.25, -0.2) is 10.3 Å². The first kappa shape index (κ1) is 10.6. The fourth-order valence-corrected chi connectivity index (χ4v) is 0. The molecule has 0 rings (SSSR count). The van der Waals surface area contributed by atoms with Crippen LogP contribution in [0.3, 0.4) is 0 Å². The molecule has 0 aromatic heterocycles. The van der Waals surface area contributed by atoms with Gasteiger partial charge < -0.3 is 10.8 Å². The Morgan fingerprint density at radius 2 is 1.67 bits per heavy atom. The Hall–Kier alpha value is -1.30. The number of nitrogens with two attached hydrogens (primary N) is 1. The molecule has 0 spiro atoms. The summed E-state index contributed by atoms with van der Waals surface area (Å²) < 4.78 is 0. The van der Waals surface area contributed by atoms with Crippen LogP contribution >= 0.6 is 0 Å². The highest BCUT2D eigenvalue weighted by Gasteiger charge is 1.75. The Morgan fingerprint density at radius 3 is 1.67 bits per heavy atom. The first-order chi connectivity index (χ1) is 4.00. The molecule has 0 aliphatic carbocycles. The zero-order chi connectivity index (χ0) is 7.86. The van der Waals surface area contributed by atoms with E-state index in [2.05, 4.69) is 5.73 Å². The van der Waals surface area contributed by atoms with Crippen molar-refractivity contribution >= 4 is 12.0 Å². The zero-order valence-corrected chi connectivity index (χ0v) is 4.79. The van der Waals surface area contributed by atoms with Crippen LogP contribution in [0.15, 0.2) is 0 Å². The summed E-state index contributed by atoms with van der Waals surface area (Å²) in [5.74, 6) is -0.833. The second-order valence-corrected chi connectivity index (χ2v) is 0.995. The van der Waals surface area contributed by atoms with Gasteiger partial charge in [0.05, 0.1) is 0 Å². The molecule has 0 fully saturated rings. The summed E-state index contributed by atoms with van der Waals surface area (Å²) in [7, 11) is 0. The minimum atomic E-state index is -0.940. The maximum atomic E-state index is 9.23. The summed E-state index contributed by atoms with van der Waals surface area (Å²) in [4.78, 5) is 18.2. The van der Waals surface area contributed by atoms with Crippen LogP contribution in [-0.2, 0) is 4.79 Å². The SMILES string of the molecule is CC(=O)O.NC(=O)NO. The largest absolute Gasteiger partial charge is 0.481 e. The Bertz CT molecular complexity index is 98.0. The number of hydrogen-bond acceptors (Lipinski definition) is 3. The van der Waals surface area contributed by atoms with E-state index in [1.54, 1.807) is 0 Å². The minimum absolute atomic E-state index is 0.833. The maximum Gasteiger partial charge on any atom is 0.335 e. The van der Waals surface area contributed by atoms with Gasteiger partial charge in [-0.15, -0.1) is 0 Å². The predicted octanol–water partition coefficient (Wildman–Crippen LogP) is -0.865. The lowest BCUT2D eigenvalue weighted by atomic mass is 10.9. The van der Waals surface area contributed by atoms with Gasteiger partial charge in [-0.1, -0.05) is 0 Å². The number of nitrogens with one attached hydrogen (secondary N) is 1. The summed E-state index contributed by atoms with van der Waals surface area (Å²) >= 11 is 0. The molecule has 0 heterocycles. The lowest BCUT2D eigenvalue weighted by Gasteiger charge is -1.79. The van der Waals surface area contributed by atoms with E-state index < -0.39 is 12.0 Å². The lowest BCUT2D eigenvalue weighted by Crippen LogP contribution is -2.25. The van der Waals surface area contributed by atoms with Crippen molar-refractivity contribution in [1.29, 1.82) is 0 Å². The van der Waals surface area contributed by atoms with Gasteiger partial charge >= 0.3 is 6.03 Å². The second kappa shape index (κ2) is 6.70. The number of primary amides is 1. The number of carboxylic acids is 1. The summed E-state index contributed by atoms with van der Waals surface area (Å²) in [5.41, 5.74) is 5.46. The first-order valence-corrected chi connectivity index (χ1v) is 1.89. The number of carbonyl (C=O) groups is 2. The van der Waals surface area contributed by atoms with Crippen LogP contribution in [0.1, 0.15) is 6.92 Å². The maximum absolute atomic E-state index is 9.23. The van der Waals surface area contributed by atoms with Crippen LogP contribution in [0.25, 0.3) is 0 Å². The van der Waals surface area contributed by atoms with Crippen LogP contribution in [0, 0.1) is 0 Å². The molecule has 0 bridgehead atoms. The van der Waals surface area contributed by atoms with Gasteiger partial charge in [0.15, 0.2) is 0 Å². The van der Waals surface area contributed by atoms with Gasteiger partial charge in [-0.2, -0.15) is 0 Å². The standard InChI is InChI=1S/C2H4O2.CH4N2O2/c1-2(3)4;2-1(4)3-5/h1H3,(H,3,4);5H,(H3,2,3,4). The third-order valence-corrected chi connectivity index (χ3v) is 0.110. The van der Waals surface area contributed by atoms with Crippen molar-refractivity contribution in [3.8, 4) is 0 Å². The average Bonchev–Trinajstić information content (AvgIpc) is 1.65. The fourth-order valence-electron chi connectivity index (χ4n) is 0. The quantitative estimate of drug-likeness (QED) is 0.256. The molecule has 6 nitrogen and oxygen atoms in total. The van der Waals surface area contributed by atoms with E-state index in [0.29, 0.717) is 0 Å². The van der Waals surface area contributed by atoms with Gasteiger partial charge in [0.2, 0.25) is 0 Å². The smallest absolute Gasteiger partial charge is 0.335 e. The normalized spacial score (nSPS) is 6.44. The summed E-state index contributed by atoms with van der Waals surface area (Å²) in [6.45, 7) is 1.08. The average molecular weight is 136 g/mol.